The van der Waals surface area contributed by atoms with Crippen molar-refractivity contribution in [3.05, 3.63) is 86.4 Å². The van der Waals surface area contributed by atoms with E-state index in [4.69, 9.17) is 9.47 Å². The number of ether oxygens (including phenoxy) is 2. The van der Waals surface area contributed by atoms with Gasteiger partial charge in [-0.15, -0.1) is 0 Å². The summed E-state index contributed by atoms with van der Waals surface area (Å²) in [4.78, 5) is 26.7. The molecule has 2 aromatic carbocycles. The molecule has 2 aliphatic rings. The Morgan fingerprint density at radius 3 is 2.68 bits per heavy atom. The van der Waals surface area contributed by atoms with Gasteiger partial charge in [-0.3, -0.25) is 4.79 Å². The Hall–Kier alpha value is -2.93. The number of allylic oxidation sites excluding steroid dienone is 3. The lowest BCUT2D eigenvalue weighted by molar-refractivity contribution is -0.139. The van der Waals surface area contributed by atoms with Gasteiger partial charge in [-0.25, -0.2) is 9.18 Å². The van der Waals surface area contributed by atoms with Gasteiger partial charge >= 0.3 is 5.97 Å². The molecule has 2 aromatic rings. The third kappa shape index (κ3) is 4.53. The molecule has 4 rings (SSSR count). The maximum absolute atomic E-state index is 14.0. The minimum Gasteiger partial charge on any atom is -0.496 e. The van der Waals surface area contributed by atoms with Crippen molar-refractivity contribution in [3.8, 4) is 5.75 Å². The Labute approximate surface area is 207 Å². The molecule has 1 aliphatic heterocycles. The molecule has 0 bridgehead atoms. The molecule has 0 radical (unpaired) electrons. The van der Waals surface area contributed by atoms with Gasteiger partial charge in [0, 0.05) is 35.2 Å². The lowest BCUT2D eigenvalue weighted by Crippen LogP contribution is -2.36. The lowest BCUT2D eigenvalue weighted by Gasteiger charge is -2.37. The number of methoxy groups -OCH3 is 1. The smallest absolute Gasteiger partial charge is 0.336 e. The van der Waals surface area contributed by atoms with Crippen LogP contribution in [0, 0.1) is 5.82 Å². The van der Waals surface area contributed by atoms with Gasteiger partial charge in [0.2, 0.25) is 0 Å². The minimum absolute atomic E-state index is 0.0524. The van der Waals surface area contributed by atoms with Crippen molar-refractivity contribution >= 4 is 27.7 Å². The number of hydrogen-bond acceptors (Lipinski definition) is 5. The van der Waals surface area contributed by atoms with Crippen molar-refractivity contribution in [2.24, 2.45) is 0 Å². The van der Waals surface area contributed by atoms with Crippen LogP contribution in [0.3, 0.4) is 0 Å². The fourth-order valence-corrected chi connectivity index (χ4v) is 5.23. The number of esters is 1. The summed E-state index contributed by atoms with van der Waals surface area (Å²) in [7, 11) is 1.62. The molecule has 1 heterocycles. The Morgan fingerprint density at radius 1 is 1.21 bits per heavy atom. The summed E-state index contributed by atoms with van der Waals surface area (Å²) in [6.07, 6.45) is 1.57. The predicted octanol–water partition coefficient (Wildman–Crippen LogP) is 5.91. The Balaban J connectivity index is 1.81. The van der Waals surface area contributed by atoms with E-state index in [0.717, 1.165) is 17.0 Å². The highest BCUT2D eigenvalue weighted by atomic mass is 79.9. The van der Waals surface area contributed by atoms with Crippen molar-refractivity contribution in [2.45, 2.75) is 44.9 Å². The van der Waals surface area contributed by atoms with Gasteiger partial charge in [0.25, 0.3) is 0 Å². The van der Waals surface area contributed by atoms with Crippen LogP contribution in [0.4, 0.5) is 4.39 Å². The summed E-state index contributed by atoms with van der Waals surface area (Å²) < 4.78 is 25.3. The van der Waals surface area contributed by atoms with Crippen LogP contribution in [0.25, 0.3) is 0 Å². The molecule has 34 heavy (non-hydrogen) atoms. The van der Waals surface area contributed by atoms with E-state index in [0.29, 0.717) is 35.2 Å². The van der Waals surface area contributed by atoms with E-state index in [9.17, 15) is 14.0 Å². The van der Waals surface area contributed by atoms with Crippen LogP contribution in [-0.4, -0.2) is 25.5 Å². The van der Waals surface area contributed by atoms with Gasteiger partial charge in [-0.1, -0.05) is 31.2 Å². The third-order valence-electron chi connectivity index (χ3n) is 6.34. The molecular weight excluding hydrogens is 501 g/mol. The van der Waals surface area contributed by atoms with Gasteiger partial charge < -0.3 is 14.8 Å². The molecule has 0 saturated carbocycles. The molecular formula is C27H27BrFNO4. The normalized spacial score (nSPS) is 20.1. The van der Waals surface area contributed by atoms with E-state index in [1.807, 2.05) is 38.1 Å². The second-order valence-corrected chi connectivity index (χ2v) is 9.42. The molecule has 0 amide bonds. The quantitative estimate of drug-likeness (QED) is 0.473. The Kier molecular flexibility index (Phi) is 7.22. The number of rotatable bonds is 6. The highest BCUT2D eigenvalue weighted by Crippen LogP contribution is 2.47. The van der Waals surface area contributed by atoms with Gasteiger partial charge in [-0.2, -0.15) is 0 Å². The lowest BCUT2D eigenvalue weighted by atomic mass is 9.71. The number of halogens is 2. The van der Waals surface area contributed by atoms with E-state index < -0.39 is 17.7 Å². The number of benzene rings is 2. The first-order chi connectivity index (χ1) is 16.3. The molecule has 0 spiro atoms. The first kappa shape index (κ1) is 24.2. The number of carbonyl (C=O) groups excluding carboxylic acids is 2. The van der Waals surface area contributed by atoms with Crippen LogP contribution >= 0.6 is 15.9 Å². The van der Waals surface area contributed by atoms with Gasteiger partial charge in [-0.05, 0) is 65.0 Å². The summed E-state index contributed by atoms with van der Waals surface area (Å²) in [6, 6.07) is 12.3. The highest BCUT2D eigenvalue weighted by molar-refractivity contribution is 9.10. The van der Waals surface area contributed by atoms with E-state index in [1.165, 1.54) is 6.07 Å². The number of carbonyl (C=O) groups is 2. The summed E-state index contributed by atoms with van der Waals surface area (Å²) >= 11 is 3.25. The second kappa shape index (κ2) is 10.1. The van der Waals surface area contributed by atoms with Crippen LogP contribution in [0.1, 0.15) is 56.1 Å². The van der Waals surface area contributed by atoms with Crippen molar-refractivity contribution < 1.29 is 23.5 Å². The fraction of sp³-hybridized carbons (Fsp3) is 0.333. The standard InChI is InChI=1S/C27H27BrFNO4/c1-4-11-34-27(32)24-15(2)30-21-13-17(18-7-5-6-8-23(18)33-3)14-22(31)26(21)25(24)16-9-10-20(29)19(28)12-16/h5-10,12,17,25,30H,4,11,13-14H2,1-3H3/t17-,25+/m0/s1. The number of Topliss-reactive ketones (excluding diaryl/α,β-unsaturated/α-hetero) is 1. The van der Waals surface area contributed by atoms with Crippen LogP contribution in [0.5, 0.6) is 5.75 Å². The molecule has 0 saturated heterocycles. The molecule has 0 fully saturated rings. The molecule has 0 aromatic heterocycles. The average molecular weight is 528 g/mol. The average Bonchev–Trinajstić information content (AvgIpc) is 2.83. The second-order valence-electron chi connectivity index (χ2n) is 8.57. The summed E-state index contributed by atoms with van der Waals surface area (Å²) in [5.74, 6) is -0.878. The zero-order valence-electron chi connectivity index (χ0n) is 19.4. The zero-order chi connectivity index (χ0) is 24.4. The van der Waals surface area contributed by atoms with E-state index >= 15 is 0 Å². The number of ketones is 1. The molecule has 2 atom stereocenters. The molecule has 7 heteroatoms. The van der Waals surface area contributed by atoms with Crippen LogP contribution in [0.2, 0.25) is 0 Å². The molecule has 1 N–H and O–H groups in total. The van der Waals surface area contributed by atoms with Crippen LogP contribution in [-0.2, 0) is 14.3 Å². The Morgan fingerprint density at radius 2 is 1.97 bits per heavy atom. The van der Waals surface area contributed by atoms with E-state index in [2.05, 4.69) is 21.2 Å². The SMILES string of the molecule is CCCOC(=O)C1=C(C)NC2=C(C(=O)C[C@@H](c3ccccc3OC)C2)[C@@H]1c1ccc(F)c(Br)c1. The number of dihydropyridines is 1. The Bertz CT molecular complexity index is 1200. The first-order valence-corrected chi connectivity index (χ1v) is 12.1. The van der Waals surface area contributed by atoms with E-state index in [1.54, 1.807) is 19.2 Å². The summed E-state index contributed by atoms with van der Waals surface area (Å²) in [5, 5.41) is 3.33. The summed E-state index contributed by atoms with van der Waals surface area (Å²) in [5.41, 5.74) is 3.98. The maximum atomic E-state index is 14.0. The van der Waals surface area contributed by atoms with E-state index in [-0.39, 0.29) is 29.2 Å². The monoisotopic (exact) mass is 527 g/mol. The molecule has 5 nitrogen and oxygen atoms in total. The van der Waals surface area contributed by atoms with Crippen molar-refractivity contribution in [1.29, 1.82) is 0 Å². The van der Waals surface area contributed by atoms with Crippen LogP contribution in [0.15, 0.2) is 69.5 Å². The number of nitrogens with one attached hydrogen (secondary N) is 1. The zero-order valence-corrected chi connectivity index (χ0v) is 21.0. The molecule has 1 aliphatic carbocycles. The van der Waals surface area contributed by atoms with Crippen molar-refractivity contribution in [2.75, 3.05) is 13.7 Å². The van der Waals surface area contributed by atoms with Crippen molar-refractivity contribution in [1.82, 2.24) is 5.32 Å². The van der Waals surface area contributed by atoms with Crippen molar-refractivity contribution in [3.63, 3.8) is 0 Å². The topological polar surface area (TPSA) is 64.6 Å². The first-order valence-electron chi connectivity index (χ1n) is 11.3. The minimum atomic E-state index is -0.636. The number of para-hydroxylation sites is 1. The van der Waals surface area contributed by atoms with Gasteiger partial charge in [0.05, 0.1) is 23.8 Å². The van der Waals surface area contributed by atoms with Crippen LogP contribution < -0.4 is 10.1 Å². The summed E-state index contributed by atoms with van der Waals surface area (Å²) in [6.45, 7) is 4.02. The largest absolute Gasteiger partial charge is 0.496 e. The highest BCUT2D eigenvalue weighted by Gasteiger charge is 2.42. The maximum Gasteiger partial charge on any atom is 0.336 e. The fourth-order valence-electron chi connectivity index (χ4n) is 4.83. The molecule has 0 unspecified atom stereocenters. The molecule has 178 valence electrons. The van der Waals surface area contributed by atoms with Gasteiger partial charge in [0.1, 0.15) is 11.6 Å². The number of hydrogen-bond donors (Lipinski definition) is 1. The van der Waals surface area contributed by atoms with Gasteiger partial charge in [0.15, 0.2) is 5.78 Å². The predicted molar refractivity (Wildman–Crippen MR) is 131 cm³/mol. The third-order valence-corrected chi connectivity index (χ3v) is 6.95.